The van der Waals surface area contributed by atoms with Crippen molar-refractivity contribution in [2.75, 3.05) is 0 Å². The van der Waals surface area contributed by atoms with Crippen LogP contribution in [0.25, 0.3) is 0 Å². The fraction of sp³-hybridized carbons (Fsp3) is 0.444. The Balaban J connectivity index is 4.23. The minimum atomic E-state index is 0.334. The van der Waals surface area contributed by atoms with Crippen LogP contribution in [-0.2, 0) is 0 Å². The van der Waals surface area contributed by atoms with E-state index in [1.165, 1.54) is 0 Å². The van der Waals surface area contributed by atoms with Crippen LogP contribution in [-0.4, -0.2) is 0 Å². The van der Waals surface area contributed by atoms with Crippen LogP contribution in [0.15, 0.2) is 23.8 Å². The van der Waals surface area contributed by atoms with Gasteiger partial charge in [0.05, 0.1) is 6.07 Å². The first kappa shape index (κ1) is 8.97. The summed E-state index contributed by atoms with van der Waals surface area (Å²) in [4.78, 5) is 0. The van der Waals surface area contributed by atoms with Crippen LogP contribution in [0, 0.1) is 17.2 Å². The zero-order valence-electron chi connectivity index (χ0n) is 6.76. The molecule has 0 rings (SSSR count). The van der Waals surface area contributed by atoms with Gasteiger partial charge in [0, 0.05) is 5.57 Å². The maximum atomic E-state index is 8.57. The normalized spacial score (nSPS) is 12.5. The Morgan fingerprint density at radius 2 is 2.10 bits per heavy atom. The number of hydrogen-bond acceptors (Lipinski definition) is 1. The molecule has 0 heterocycles. The van der Waals surface area contributed by atoms with E-state index in [9.17, 15) is 0 Å². The molecule has 1 heteroatoms. The smallest absolute Gasteiger partial charge is 0.0949 e. The molecule has 0 bridgehead atoms. The number of rotatable bonds is 2. The molecule has 0 aliphatic heterocycles. The minimum absolute atomic E-state index is 0.334. The van der Waals surface area contributed by atoms with Crippen LogP contribution in [0.2, 0.25) is 0 Å². The molecule has 0 amide bonds. The van der Waals surface area contributed by atoms with Gasteiger partial charge in [0.1, 0.15) is 0 Å². The van der Waals surface area contributed by atoms with E-state index in [0.29, 0.717) is 5.92 Å². The SMILES string of the molecule is C/C=C\C=C(\C#N)C(C)C. The summed E-state index contributed by atoms with van der Waals surface area (Å²) in [5.74, 6) is 0.334. The molecule has 1 nitrogen and oxygen atoms in total. The van der Waals surface area contributed by atoms with Crippen LogP contribution in [0.5, 0.6) is 0 Å². The zero-order chi connectivity index (χ0) is 7.98. The van der Waals surface area contributed by atoms with Crippen molar-refractivity contribution in [3.05, 3.63) is 23.8 Å². The lowest BCUT2D eigenvalue weighted by molar-refractivity contribution is 0.795. The molecule has 0 saturated heterocycles. The van der Waals surface area contributed by atoms with Gasteiger partial charge in [-0.25, -0.2) is 0 Å². The second kappa shape index (κ2) is 4.81. The van der Waals surface area contributed by atoms with E-state index < -0.39 is 0 Å². The van der Waals surface area contributed by atoms with Gasteiger partial charge in [0.2, 0.25) is 0 Å². The standard InChI is InChI=1S/C9H13N/c1-4-5-6-9(7-10)8(2)3/h4-6,8H,1-3H3/b5-4-,9-6-. The van der Waals surface area contributed by atoms with Crippen molar-refractivity contribution < 1.29 is 0 Å². The molecule has 10 heavy (non-hydrogen) atoms. The fourth-order valence-corrected chi connectivity index (χ4v) is 0.559. The van der Waals surface area contributed by atoms with Gasteiger partial charge < -0.3 is 0 Å². The quantitative estimate of drug-likeness (QED) is 0.422. The highest BCUT2D eigenvalue weighted by Gasteiger charge is 1.97. The molecule has 0 aromatic rings. The molecule has 0 aromatic heterocycles. The molecule has 0 unspecified atom stereocenters. The predicted molar refractivity (Wildman–Crippen MR) is 43.3 cm³/mol. The Kier molecular flexibility index (Phi) is 4.32. The van der Waals surface area contributed by atoms with Gasteiger partial charge >= 0.3 is 0 Å². The van der Waals surface area contributed by atoms with E-state index in [4.69, 9.17) is 5.26 Å². The van der Waals surface area contributed by atoms with Gasteiger partial charge in [-0.3, -0.25) is 0 Å². The van der Waals surface area contributed by atoms with Crippen molar-refractivity contribution in [1.29, 1.82) is 5.26 Å². The maximum Gasteiger partial charge on any atom is 0.0949 e. The third-order valence-electron chi connectivity index (χ3n) is 1.22. The molecule has 0 aromatic carbocycles. The van der Waals surface area contributed by atoms with E-state index in [2.05, 4.69) is 6.07 Å². The summed E-state index contributed by atoms with van der Waals surface area (Å²) in [7, 11) is 0. The number of allylic oxidation sites excluding steroid dienone is 4. The Hall–Kier alpha value is -1.03. The van der Waals surface area contributed by atoms with Crippen molar-refractivity contribution in [1.82, 2.24) is 0 Å². The van der Waals surface area contributed by atoms with E-state index in [1.54, 1.807) is 0 Å². The highest BCUT2D eigenvalue weighted by atomic mass is 14.2. The Morgan fingerprint density at radius 1 is 1.50 bits per heavy atom. The molecule has 0 aliphatic rings. The highest BCUT2D eigenvalue weighted by molar-refractivity contribution is 5.26. The lowest BCUT2D eigenvalue weighted by Gasteiger charge is -1.97. The fourth-order valence-electron chi connectivity index (χ4n) is 0.559. The van der Waals surface area contributed by atoms with E-state index in [0.717, 1.165) is 5.57 Å². The van der Waals surface area contributed by atoms with Crippen LogP contribution < -0.4 is 0 Å². The van der Waals surface area contributed by atoms with E-state index in [1.807, 2.05) is 39.0 Å². The van der Waals surface area contributed by atoms with Gasteiger partial charge in [-0.05, 0) is 18.9 Å². The van der Waals surface area contributed by atoms with Crippen LogP contribution >= 0.6 is 0 Å². The second-order valence-electron chi connectivity index (χ2n) is 2.41. The third kappa shape index (κ3) is 3.09. The summed E-state index contributed by atoms with van der Waals surface area (Å²) < 4.78 is 0. The van der Waals surface area contributed by atoms with Gasteiger partial charge in [0.25, 0.3) is 0 Å². The van der Waals surface area contributed by atoms with Crippen molar-refractivity contribution in [2.24, 2.45) is 5.92 Å². The number of nitrogens with zero attached hydrogens (tertiary/aromatic N) is 1. The van der Waals surface area contributed by atoms with Gasteiger partial charge in [-0.1, -0.05) is 26.0 Å². The first-order chi connectivity index (χ1) is 4.72. The summed E-state index contributed by atoms with van der Waals surface area (Å²) in [5, 5.41) is 8.57. The second-order valence-corrected chi connectivity index (χ2v) is 2.41. The van der Waals surface area contributed by atoms with E-state index in [-0.39, 0.29) is 0 Å². The average molecular weight is 135 g/mol. The lowest BCUT2D eigenvalue weighted by Crippen LogP contribution is -1.88. The molecule has 0 saturated carbocycles. The Morgan fingerprint density at radius 3 is 2.40 bits per heavy atom. The van der Waals surface area contributed by atoms with Crippen LogP contribution in [0.4, 0.5) is 0 Å². The summed E-state index contributed by atoms with van der Waals surface area (Å²) in [6.45, 7) is 5.96. The van der Waals surface area contributed by atoms with Gasteiger partial charge in [-0.15, -0.1) is 0 Å². The predicted octanol–water partition coefficient (Wildman–Crippen LogP) is 2.67. The van der Waals surface area contributed by atoms with Crippen LogP contribution in [0.1, 0.15) is 20.8 Å². The molecule has 0 aliphatic carbocycles. The zero-order valence-corrected chi connectivity index (χ0v) is 6.76. The summed E-state index contributed by atoms with van der Waals surface area (Å²) >= 11 is 0. The van der Waals surface area contributed by atoms with Gasteiger partial charge in [-0.2, -0.15) is 5.26 Å². The number of nitriles is 1. The summed E-state index contributed by atoms with van der Waals surface area (Å²) in [6, 6.07) is 2.15. The first-order valence-corrected chi connectivity index (χ1v) is 3.45. The van der Waals surface area contributed by atoms with Crippen molar-refractivity contribution >= 4 is 0 Å². The molecule has 0 fully saturated rings. The van der Waals surface area contributed by atoms with Crippen molar-refractivity contribution in [3.8, 4) is 6.07 Å². The van der Waals surface area contributed by atoms with E-state index >= 15 is 0 Å². The maximum absolute atomic E-state index is 8.57. The monoisotopic (exact) mass is 135 g/mol. The Bertz CT molecular complexity index is 179. The topological polar surface area (TPSA) is 23.8 Å². The third-order valence-corrected chi connectivity index (χ3v) is 1.22. The largest absolute Gasteiger partial charge is 0.193 e. The molecule has 0 radical (unpaired) electrons. The summed E-state index contributed by atoms with van der Waals surface area (Å²) in [6.07, 6.45) is 5.66. The van der Waals surface area contributed by atoms with Gasteiger partial charge in [0.15, 0.2) is 0 Å². The minimum Gasteiger partial charge on any atom is -0.193 e. The number of hydrogen-bond donors (Lipinski definition) is 0. The van der Waals surface area contributed by atoms with Crippen molar-refractivity contribution in [3.63, 3.8) is 0 Å². The molecular formula is C9H13N. The molecule has 0 spiro atoms. The molecular weight excluding hydrogens is 122 g/mol. The Labute approximate surface area is 62.7 Å². The average Bonchev–Trinajstić information content (AvgIpc) is 1.89. The highest BCUT2D eigenvalue weighted by Crippen LogP contribution is 2.07. The molecule has 0 atom stereocenters. The molecule has 0 N–H and O–H groups in total. The summed E-state index contributed by atoms with van der Waals surface area (Å²) in [5.41, 5.74) is 0.832. The first-order valence-electron chi connectivity index (χ1n) is 3.45. The lowest BCUT2D eigenvalue weighted by atomic mass is 10.0. The van der Waals surface area contributed by atoms with Crippen molar-refractivity contribution in [2.45, 2.75) is 20.8 Å². The molecule has 54 valence electrons. The van der Waals surface area contributed by atoms with Crippen LogP contribution in [0.3, 0.4) is 0 Å².